The molecule has 1 aromatic carbocycles. The largest absolute Gasteiger partial charge is 0.377 e. The molecule has 0 aliphatic heterocycles. The smallest absolute Gasteiger partial charge is 0.238 e. The fraction of sp³-hybridized carbons (Fsp3) is 0.571. The van der Waals surface area contributed by atoms with E-state index in [2.05, 4.69) is 5.32 Å². The van der Waals surface area contributed by atoms with Gasteiger partial charge in [-0.05, 0) is 43.9 Å². The highest BCUT2D eigenvalue weighted by atomic mass is 32.2. The number of rotatable bonds is 6. The van der Waals surface area contributed by atoms with Crippen molar-refractivity contribution < 1.29 is 13.2 Å². The van der Waals surface area contributed by atoms with E-state index in [9.17, 15) is 8.42 Å². The number of methoxy groups -OCH3 is 1. The first-order valence-electron chi connectivity index (χ1n) is 6.78. The van der Waals surface area contributed by atoms with Crippen LogP contribution in [0.25, 0.3) is 0 Å². The maximum Gasteiger partial charge on any atom is 0.238 e. The zero-order chi connectivity index (χ0) is 14.8. The summed E-state index contributed by atoms with van der Waals surface area (Å²) in [5, 5.41) is 8.56. The SMILES string of the molecule is COC1(CNC(C)c2cccc(S(N)(=O)=O)c2)CCC1. The lowest BCUT2D eigenvalue weighted by Gasteiger charge is -2.41. The van der Waals surface area contributed by atoms with Gasteiger partial charge in [0.25, 0.3) is 0 Å². The minimum atomic E-state index is -3.65. The summed E-state index contributed by atoms with van der Waals surface area (Å²) in [7, 11) is -1.91. The molecule has 1 fully saturated rings. The Morgan fingerprint density at radius 2 is 2.15 bits per heavy atom. The lowest BCUT2D eigenvalue weighted by atomic mass is 9.80. The number of sulfonamides is 1. The van der Waals surface area contributed by atoms with Crippen molar-refractivity contribution in [3.63, 3.8) is 0 Å². The van der Waals surface area contributed by atoms with Crippen LogP contribution >= 0.6 is 0 Å². The predicted octanol–water partition coefficient (Wildman–Crippen LogP) is 1.55. The molecule has 0 saturated heterocycles. The Labute approximate surface area is 120 Å². The van der Waals surface area contributed by atoms with Gasteiger partial charge in [0.2, 0.25) is 10.0 Å². The Balaban J connectivity index is 2.04. The number of hydrogen-bond donors (Lipinski definition) is 2. The molecule has 1 atom stereocenters. The predicted molar refractivity (Wildman–Crippen MR) is 77.8 cm³/mol. The number of hydrogen-bond acceptors (Lipinski definition) is 4. The molecule has 1 unspecified atom stereocenters. The van der Waals surface area contributed by atoms with Gasteiger partial charge in [0, 0.05) is 19.7 Å². The van der Waals surface area contributed by atoms with Gasteiger partial charge < -0.3 is 10.1 Å². The maximum absolute atomic E-state index is 11.4. The van der Waals surface area contributed by atoms with E-state index in [4.69, 9.17) is 9.88 Å². The monoisotopic (exact) mass is 298 g/mol. The first-order valence-corrected chi connectivity index (χ1v) is 8.32. The summed E-state index contributed by atoms with van der Waals surface area (Å²) < 4.78 is 28.3. The molecule has 0 bridgehead atoms. The van der Waals surface area contributed by atoms with E-state index in [-0.39, 0.29) is 16.5 Å². The van der Waals surface area contributed by atoms with Crippen molar-refractivity contribution in [2.45, 2.75) is 42.7 Å². The number of nitrogens with two attached hydrogens (primary N) is 1. The quantitative estimate of drug-likeness (QED) is 0.835. The van der Waals surface area contributed by atoms with E-state index in [0.717, 1.165) is 24.9 Å². The van der Waals surface area contributed by atoms with E-state index < -0.39 is 10.0 Å². The summed E-state index contributed by atoms with van der Waals surface area (Å²) in [4.78, 5) is 0.147. The lowest BCUT2D eigenvalue weighted by molar-refractivity contribution is -0.0706. The fourth-order valence-corrected chi connectivity index (χ4v) is 3.01. The molecular formula is C14H22N2O3S. The Morgan fingerprint density at radius 3 is 2.65 bits per heavy atom. The van der Waals surface area contributed by atoms with Crippen LogP contribution in [0.1, 0.15) is 37.8 Å². The number of primary sulfonamides is 1. The molecule has 0 radical (unpaired) electrons. The highest BCUT2D eigenvalue weighted by molar-refractivity contribution is 7.89. The fourth-order valence-electron chi connectivity index (χ4n) is 2.44. The molecule has 0 spiro atoms. The zero-order valence-corrected chi connectivity index (χ0v) is 12.7. The average molecular weight is 298 g/mol. The highest BCUT2D eigenvalue weighted by Crippen LogP contribution is 2.34. The topological polar surface area (TPSA) is 81.4 Å². The molecule has 1 saturated carbocycles. The molecule has 3 N–H and O–H groups in total. The van der Waals surface area contributed by atoms with Gasteiger partial charge in [-0.25, -0.2) is 13.6 Å². The van der Waals surface area contributed by atoms with Crippen LogP contribution < -0.4 is 10.5 Å². The number of benzene rings is 1. The van der Waals surface area contributed by atoms with Gasteiger partial charge in [-0.3, -0.25) is 0 Å². The molecule has 0 aromatic heterocycles. The molecule has 0 amide bonds. The average Bonchev–Trinajstić information content (AvgIpc) is 2.37. The molecule has 1 aliphatic rings. The number of nitrogens with one attached hydrogen (secondary N) is 1. The van der Waals surface area contributed by atoms with Crippen LogP contribution in [0.5, 0.6) is 0 Å². The summed E-state index contributed by atoms with van der Waals surface area (Å²) in [6.07, 6.45) is 3.34. The Kier molecular flexibility index (Phi) is 4.49. The van der Waals surface area contributed by atoms with Crippen molar-refractivity contribution in [3.05, 3.63) is 29.8 Å². The summed E-state index contributed by atoms with van der Waals surface area (Å²) in [5.74, 6) is 0. The van der Waals surface area contributed by atoms with E-state index in [1.165, 1.54) is 12.5 Å². The standard InChI is InChI=1S/C14H22N2O3S/c1-11(16-10-14(19-2)7-4-8-14)12-5-3-6-13(9-12)20(15,17)18/h3,5-6,9,11,16H,4,7-8,10H2,1-2H3,(H2,15,17,18). The maximum atomic E-state index is 11.4. The van der Waals surface area contributed by atoms with Crippen LogP contribution in [-0.2, 0) is 14.8 Å². The summed E-state index contributed by atoms with van der Waals surface area (Å²) in [5.41, 5.74) is 0.855. The summed E-state index contributed by atoms with van der Waals surface area (Å²) in [6, 6.07) is 6.78. The second kappa shape index (κ2) is 5.81. The van der Waals surface area contributed by atoms with Crippen LogP contribution in [0, 0.1) is 0 Å². The van der Waals surface area contributed by atoms with Gasteiger partial charge in [-0.15, -0.1) is 0 Å². The highest BCUT2D eigenvalue weighted by Gasteiger charge is 2.36. The minimum absolute atomic E-state index is 0.0457. The number of ether oxygens (including phenoxy) is 1. The Bertz CT molecular complexity index is 562. The van der Waals surface area contributed by atoms with Crippen LogP contribution in [0.2, 0.25) is 0 Å². The van der Waals surface area contributed by atoms with Crippen molar-refractivity contribution >= 4 is 10.0 Å². The van der Waals surface area contributed by atoms with E-state index in [1.54, 1.807) is 19.2 Å². The van der Waals surface area contributed by atoms with E-state index >= 15 is 0 Å². The van der Waals surface area contributed by atoms with Crippen molar-refractivity contribution in [2.75, 3.05) is 13.7 Å². The van der Waals surface area contributed by atoms with Gasteiger partial charge >= 0.3 is 0 Å². The minimum Gasteiger partial charge on any atom is -0.377 e. The molecule has 6 heteroatoms. The van der Waals surface area contributed by atoms with Gasteiger partial charge in [0.15, 0.2) is 0 Å². The molecular weight excluding hydrogens is 276 g/mol. The molecule has 112 valence electrons. The van der Waals surface area contributed by atoms with Gasteiger partial charge in [0.05, 0.1) is 10.5 Å². The molecule has 5 nitrogen and oxygen atoms in total. The third-order valence-corrected chi connectivity index (χ3v) is 5.03. The van der Waals surface area contributed by atoms with Gasteiger partial charge in [-0.1, -0.05) is 12.1 Å². The third-order valence-electron chi connectivity index (χ3n) is 4.11. The molecule has 1 aliphatic carbocycles. The summed E-state index contributed by atoms with van der Waals surface area (Å²) in [6.45, 7) is 2.77. The van der Waals surface area contributed by atoms with Crippen molar-refractivity contribution in [2.24, 2.45) is 5.14 Å². The van der Waals surface area contributed by atoms with E-state index in [1.807, 2.05) is 13.0 Å². The third kappa shape index (κ3) is 3.38. The van der Waals surface area contributed by atoms with Crippen LogP contribution in [0.15, 0.2) is 29.2 Å². The first kappa shape index (κ1) is 15.4. The Morgan fingerprint density at radius 1 is 1.45 bits per heavy atom. The van der Waals surface area contributed by atoms with Crippen LogP contribution in [0.4, 0.5) is 0 Å². The van der Waals surface area contributed by atoms with Crippen molar-refractivity contribution in [1.29, 1.82) is 0 Å². The van der Waals surface area contributed by atoms with Crippen LogP contribution in [0.3, 0.4) is 0 Å². The molecule has 1 aromatic rings. The van der Waals surface area contributed by atoms with Crippen molar-refractivity contribution in [3.8, 4) is 0 Å². The second-order valence-corrected chi connectivity index (χ2v) is 7.02. The summed E-state index contributed by atoms with van der Waals surface area (Å²) >= 11 is 0. The lowest BCUT2D eigenvalue weighted by Crippen LogP contribution is -2.48. The molecule has 0 heterocycles. The molecule has 2 rings (SSSR count). The first-order chi connectivity index (χ1) is 9.36. The van der Waals surface area contributed by atoms with Gasteiger partial charge in [0.1, 0.15) is 0 Å². The second-order valence-electron chi connectivity index (χ2n) is 5.46. The zero-order valence-electron chi connectivity index (χ0n) is 11.9. The molecule has 20 heavy (non-hydrogen) atoms. The normalized spacial score (nSPS) is 19.4. The van der Waals surface area contributed by atoms with Gasteiger partial charge in [-0.2, -0.15) is 0 Å². The van der Waals surface area contributed by atoms with E-state index in [0.29, 0.717) is 0 Å². The van der Waals surface area contributed by atoms with Crippen LogP contribution in [-0.4, -0.2) is 27.7 Å². The Hall–Kier alpha value is -0.950. The van der Waals surface area contributed by atoms with Crippen molar-refractivity contribution in [1.82, 2.24) is 5.32 Å².